The third-order valence-corrected chi connectivity index (χ3v) is 11.5. The first-order valence-electron chi connectivity index (χ1n) is 16.3. The van der Waals surface area contributed by atoms with Crippen molar-refractivity contribution >= 4 is 11.9 Å². The van der Waals surface area contributed by atoms with E-state index in [0.717, 1.165) is 32.5 Å². The average Bonchev–Trinajstić information content (AvgIpc) is 3.50. The van der Waals surface area contributed by atoms with Crippen LogP contribution in [0.5, 0.6) is 5.88 Å². The summed E-state index contributed by atoms with van der Waals surface area (Å²) in [6.07, 6.45) is 9.44. The highest BCUT2D eigenvalue weighted by Gasteiger charge is 2.62. The summed E-state index contributed by atoms with van der Waals surface area (Å²) in [5, 5.41) is 16.6. The molecule has 4 aliphatic heterocycles. The minimum absolute atomic E-state index is 0.00143. The van der Waals surface area contributed by atoms with E-state index < -0.39 is 11.6 Å². The quantitative estimate of drug-likeness (QED) is 0.331. The minimum Gasteiger partial charge on any atom is -0.477 e. The van der Waals surface area contributed by atoms with Crippen LogP contribution >= 0.6 is 11.9 Å². The molecule has 1 aromatic heterocycles. The number of ether oxygens (including phenoxy) is 1. The number of piperidine rings is 2. The van der Waals surface area contributed by atoms with Crippen LogP contribution in [0.3, 0.4) is 0 Å². The fourth-order valence-corrected chi connectivity index (χ4v) is 8.83. The zero-order valence-corrected chi connectivity index (χ0v) is 26.0. The Morgan fingerprint density at radius 1 is 1.07 bits per heavy atom. The molecule has 5 fully saturated rings. The smallest absolute Gasteiger partial charge is 0.394 e. The number of hydrogen-bond donors (Lipinski definition) is 4. The number of hydrogen-bond acceptors (Lipinski definition) is 8. The molecule has 7 atom stereocenters. The van der Waals surface area contributed by atoms with E-state index in [1.54, 1.807) is 6.07 Å². The highest BCUT2D eigenvalue weighted by Crippen LogP contribution is 2.59. The lowest BCUT2D eigenvalue weighted by Gasteiger charge is -2.47. The second-order valence-corrected chi connectivity index (χ2v) is 15.2. The highest BCUT2D eigenvalue weighted by atomic mass is 32.2. The molecule has 0 amide bonds. The summed E-state index contributed by atoms with van der Waals surface area (Å²) in [7, 11) is 0. The second kappa shape index (κ2) is 12.7. The van der Waals surface area contributed by atoms with Crippen LogP contribution in [0.25, 0.3) is 0 Å². The third kappa shape index (κ3) is 7.09. The van der Waals surface area contributed by atoms with Gasteiger partial charge in [-0.2, -0.15) is 13.2 Å². The Hall–Kier alpha value is -1.05. The van der Waals surface area contributed by atoms with Crippen molar-refractivity contribution in [1.29, 1.82) is 0 Å². The van der Waals surface area contributed by atoms with Gasteiger partial charge in [0.25, 0.3) is 0 Å². The summed E-state index contributed by atoms with van der Waals surface area (Å²) in [5.74, 6) is 1.56. The Balaban J connectivity index is 1.11. The van der Waals surface area contributed by atoms with Crippen molar-refractivity contribution in [3.8, 4) is 5.88 Å². The van der Waals surface area contributed by atoms with E-state index in [0.29, 0.717) is 29.3 Å². The number of fused-ring (bicyclic) bond motifs is 6. The number of alkyl halides is 3. The van der Waals surface area contributed by atoms with Gasteiger partial charge in [-0.05, 0) is 96.9 Å². The van der Waals surface area contributed by atoms with Crippen LogP contribution < -0.4 is 25.4 Å². The van der Waals surface area contributed by atoms with Gasteiger partial charge in [-0.3, -0.25) is 24.9 Å². The first-order valence-corrected chi connectivity index (χ1v) is 17.2. The molecule has 1 saturated carbocycles. The van der Waals surface area contributed by atoms with E-state index in [1.165, 1.54) is 44.9 Å². The van der Waals surface area contributed by atoms with Crippen LogP contribution in [0.1, 0.15) is 97.1 Å². The van der Waals surface area contributed by atoms with E-state index in [1.807, 2.05) is 22.8 Å². The zero-order chi connectivity index (χ0) is 29.4. The maximum atomic E-state index is 13.3. The predicted molar refractivity (Wildman–Crippen MR) is 160 cm³/mol. The van der Waals surface area contributed by atoms with Gasteiger partial charge in [-0.1, -0.05) is 18.4 Å². The second-order valence-electron chi connectivity index (χ2n) is 14.1. The van der Waals surface area contributed by atoms with Crippen molar-refractivity contribution in [2.24, 2.45) is 17.3 Å². The third-order valence-electron chi connectivity index (χ3n) is 10.5. The molecule has 8 nitrogen and oxygen atoms in total. The molecule has 12 heteroatoms. The van der Waals surface area contributed by atoms with Crippen LogP contribution in [-0.4, -0.2) is 70.3 Å². The zero-order valence-electron chi connectivity index (χ0n) is 25.2. The van der Waals surface area contributed by atoms with Gasteiger partial charge in [-0.15, -0.1) is 5.10 Å². The predicted octanol–water partition coefficient (Wildman–Crippen LogP) is 5.36. The van der Waals surface area contributed by atoms with E-state index in [-0.39, 0.29) is 43.7 Å². The average molecular weight is 614 g/mol. The van der Waals surface area contributed by atoms with Gasteiger partial charge in [0.2, 0.25) is 5.88 Å². The Bertz CT molecular complexity index is 1030. The molecule has 7 unspecified atom stereocenters. The molecule has 0 aromatic carbocycles. The molecule has 1 aliphatic carbocycles. The molecule has 0 radical (unpaired) electrons. The summed E-state index contributed by atoms with van der Waals surface area (Å²) >= 11 is 1.85. The van der Waals surface area contributed by atoms with Crippen molar-refractivity contribution < 1.29 is 17.9 Å². The SMILES string of the molecule is CC1(C)CC2CCCCNC3CCCC(N3)SNCC3CCC(n4ccc(OCCC5(C(F)(F)F)CC5)n4)NC3N1C2. The Labute approximate surface area is 253 Å². The Morgan fingerprint density at radius 3 is 2.74 bits per heavy atom. The topological polar surface area (TPSA) is 78.4 Å². The largest absolute Gasteiger partial charge is 0.477 e. The molecule has 4 bridgehead atoms. The van der Waals surface area contributed by atoms with E-state index in [4.69, 9.17) is 4.74 Å². The molecular weight excluding hydrogens is 563 g/mol. The summed E-state index contributed by atoms with van der Waals surface area (Å²) in [5.41, 5.74) is -1.44. The summed E-state index contributed by atoms with van der Waals surface area (Å²) in [6, 6.07) is 1.78. The molecule has 1 aromatic rings. The van der Waals surface area contributed by atoms with Crippen molar-refractivity contribution in [3.05, 3.63) is 12.3 Å². The lowest BCUT2D eigenvalue weighted by Crippen LogP contribution is -2.60. The number of halogens is 3. The van der Waals surface area contributed by atoms with Gasteiger partial charge in [0.15, 0.2) is 0 Å². The monoisotopic (exact) mass is 613 g/mol. The van der Waals surface area contributed by atoms with Crippen LogP contribution in [0.4, 0.5) is 13.2 Å². The number of nitrogens with one attached hydrogen (secondary N) is 4. The maximum absolute atomic E-state index is 13.3. The summed E-state index contributed by atoms with van der Waals surface area (Å²) in [4.78, 5) is 2.72. The highest BCUT2D eigenvalue weighted by molar-refractivity contribution is 7.98. The molecule has 4 N–H and O–H groups in total. The number of nitrogens with zero attached hydrogens (tertiary/aromatic N) is 3. The molecule has 5 heterocycles. The van der Waals surface area contributed by atoms with Crippen molar-refractivity contribution in [3.63, 3.8) is 0 Å². The van der Waals surface area contributed by atoms with Crippen LogP contribution in [0.15, 0.2) is 12.3 Å². The lowest BCUT2D eigenvalue weighted by atomic mass is 9.90. The first-order chi connectivity index (χ1) is 20.1. The van der Waals surface area contributed by atoms with Crippen molar-refractivity contribution in [2.45, 2.75) is 126 Å². The van der Waals surface area contributed by atoms with Crippen LogP contribution in [0.2, 0.25) is 0 Å². The van der Waals surface area contributed by atoms with Gasteiger partial charge in [0.1, 0.15) is 6.17 Å². The van der Waals surface area contributed by atoms with E-state index >= 15 is 0 Å². The van der Waals surface area contributed by atoms with E-state index in [2.05, 4.69) is 44.5 Å². The van der Waals surface area contributed by atoms with Crippen molar-refractivity contribution in [1.82, 2.24) is 35.4 Å². The molecule has 5 aliphatic rings. The van der Waals surface area contributed by atoms with Crippen LogP contribution in [0, 0.1) is 17.3 Å². The lowest BCUT2D eigenvalue weighted by molar-refractivity contribution is -0.190. The van der Waals surface area contributed by atoms with Crippen molar-refractivity contribution in [2.75, 3.05) is 26.2 Å². The van der Waals surface area contributed by atoms with Gasteiger partial charge in [0.05, 0.1) is 29.7 Å². The molecular formula is C30H50F3N7OS. The van der Waals surface area contributed by atoms with E-state index in [9.17, 15) is 13.2 Å². The number of rotatable bonds is 5. The maximum Gasteiger partial charge on any atom is 0.394 e. The van der Waals surface area contributed by atoms with Gasteiger partial charge in [0, 0.05) is 36.8 Å². The van der Waals surface area contributed by atoms with Crippen LogP contribution in [-0.2, 0) is 0 Å². The summed E-state index contributed by atoms with van der Waals surface area (Å²) in [6.45, 7) is 7.96. The molecule has 238 valence electrons. The van der Waals surface area contributed by atoms with Gasteiger partial charge < -0.3 is 10.1 Å². The summed E-state index contributed by atoms with van der Waals surface area (Å²) < 4.78 is 51.3. The normalized spacial score (nSPS) is 37.1. The van der Waals surface area contributed by atoms with Gasteiger partial charge in [-0.25, -0.2) is 0 Å². The Kier molecular flexibility index (Phi) is 9.40. The number of aromatic nitrogens is 2. The standard InChI is InChI=1S/C30H50F3N7OS/c1-28(2)18-21-6-3-4-15-34-23-7-5-8-26(36-23)42-35-19-22-9-10-24(37-27(22)39(28)20-21)40-16-11-25(38-40)41-17-14-29(12-13-29)30(31,32)33/h11,16,21-24,26-27,34-37H,3-10,12-15,17-20H2,1-2H3. The molecule has 0 spiro atoms. The minimum atomic E-state index is -4.15. The molecule has 42 heavy (non-hydrogen) atoms. The fourth-order valence-electron chi connectivity index (χ4n) is 7.80. The fraction of sp³-hybridized carbons (Fsp3) is 0.900. The molecule has 4 saturated heterocycles. The Morgan fingerprint density at radius 2 is 1.93 bits per heavy atom. The first kappa shape index (κ1) is 31.0. The molecule has 6 rings (SSSR count). The van der Waals surface area contributed by atoms with Gasteiger partial charge >= 0.3 is 6.18 Å².